The van der Waals surface area contributed by atoms with E-state index in [9.17, 15) is 19.7 Å². The number of hydrogen-bond acceptors (Lipinski definition) is 6. The van der Waals surface area contributed by atoms with Crippen LogP contribution in [0.25, 0.3) is 0 Å². The van der Waals surface area contributed by atoms with Crippen molar-refractivity contribution in [1.82, 2.24) is 0 Å². The first kappa shape index (κ1) is 19.9. The molecule has 2 aromatic rings. The predicted molar refractivity (Wildman–Crippen MR) is 102 cm³/mol. The molecule has 2 aromatic carbocycles. The molecule has 0 aliphatic heterocycles. The molecule has 1 N–H and O–H groups in total. The van der Waals surface area contributed by atoms with Crippen LogP contribution in [0.4, 0.5) is 17.1 Å². The number of nitrogens with one attached hydrogen (secondary N) is 1. The third-order valence-corrected chi connectivity index (χ3v) is 3.73. The predicted octanol–water partition coefficient (Wildman–Crippen LogP) is 3.07. The molecular weight excluding hydrogens is 350 g/mol. The maximum atomic E-state index is 12.1. The van der Waals surface area contributed by atoms with Gasteiger partial charge in [-0.2, -0.15) is 0 Å². The molecule has 0 atom stereocenters. The minimum Gasteiger partial charge on any atom is -0.452 e. The molecule has 142 valence electrons. The Labute approximate surface area is 156 Å². The molecule has 0 saturated heterocycles. The molecule has 0 spiro atoms. The number of aryl methyl sites for hydroxylation is 2. The van der Waals surface area contributed by atoms with E-state index in [2.05, 4.69) is 5.32 Å². The zero-order valence-electron chi connectivity index (χ0n) is 15.6. The van der Waals surface area contributed by atoms with E-state index in [1.165, 1.54) is 12.1 Å². The summed E-state index contributed by atoms with van der Waals surface area (Å²) in [5, 5.41) is 13.8. The molecule has 0 heterocycles. The summed E-state index contributed by atoms with van der Waals surface area (Å²) in [7, 11) is 3.33. The summed E-state index contributed by atoms with van der Waals surface area (Å²) in [6.07, 6.45) is 0. The number of esters is 1. The Balaban J connectivity index is 2.03. The molecule has 0 radical (unpaired) electrons. The second-order valence-electron chi connectivity index (χ2n) is 6.36. The average molecular weight is 371 g/mol. The van der Waals surface area contributed by atoms with Gasteiger partial charge in [-0.25, -0.2) is 4.79 Å². The van der Waals surface area contributed by atoms with Crippen molar-refractivity contribution in [1.29, 1.82) is 0 Å². The third kappa shape index (κ3) is 5.27. The van der Waals surface area contributed by atoms with Gasteiger partial charge in [-0.3, -0.25) is 14.9 Å². The second-order valence-corrected chi connectivity index (χ2v) is 6.36. The molecule has 0 unspecified atom stereocenters. The maximum absolute atomic E-state index is 12.1. The Morgan fingerprint density at radius 2 is 1.74 bits per heavy atom. The normalized spacial score (nSPS) is 10.2. The highest BCUT2D eigenvalue weighted by molar-refractivity contribution is 5.96. The number of hydrogen-bond donors (Lipinski definition) is 1. The summed E-state index contributed by atoms with van der Waals surface area (Å²) in [6.45, 7) is 3.33. The van der Waals surface area contributed by atoms with Crippen LogP contribution in [0, 0.1) is 24.0 Å². The van der Waals surface area contributed by atoms with Crippen molar-refractivity contribution in [2.24, 2.45) is 0 Å². The van der Waals surface area contributed by atoms with E-state index in [-0.39, 0.29) is 11.3 Å². The van der Waals surface area contributed by atoms with Crippen molar-refractivity contribution >= 4 is 28.9 Å². The molecule has 27 heavy (non-hydrogen) atoms. The van der Waals surface area contributed by atoms with Crippen LogP contribution in [-0.4, -0.2) is 37.5 Å². The molecule has 0 bridgehead atoms. The van der Waals surface area contributed by atoms with E-state index in [0.717, 1.165) is 17.2 Å². The Hall–Kier alpha value is -3.42. The van der Waals surface area contributed by atoms with Gasteiger partial charge in [0.25, 0.3) is 11.6 Å². The smallest absolute Gasteiger partial charge is 0.338 e. The SMILES string of the molecule is Cc1cc(C)cc(NC(=O)COC(=O)c2ccc(N(C)C)c([N+](=O)[O-])c2)c1. The number of nitro groups is 1. The Morgan fingerprint density at radius 3 is 2.30 bits per heavy atom. The highest BCUT2D eigenvalue weighted by Crippen LogP contribution is 2.28. The lowest BCUT2D eigenvalue weighted by atomic mass is 10.1. The van der Waals surface area contributed by atoms with Crippen molar-refractivity contribution < 1.29 is 19.2 Å². The fourth-order valence-corrected chi connectivity index (χ4v) is 2.63. The van der Waals surface area contributed by atoms with Gasteiger partial charge in [-0.15, -0.1) is 0 Å². The summed E-state index contributed by atoms with van der Waals surface area (Å²) in [6, 6.07) is 9.60. The lowest BCUT2D eigenvalue weighted by Crippen LogP contribution is -2.21. The molecule has 1 amide bonds. The van der Waals surface area contributed by atoms with Crippen LogP contribution in [0.2, 0.25) is 0 Å². The third-order valence-electron chi connectivity index (χ3n) is 3.73. The van der Waals surface area contributed by atoms with Crippen LogP contribution in [0.5, 0.6) is 0 Å². The lowest BCUT2D eigenvalue weighted by molar-refractivity contribution is -0.384. The largest absolute Gasteiger partial charge is 0.452 e. The van der Waals surface area contributed by atoms with Crippen molar-refractivity contribution in [2.75, 3.05) is 30.9 Å². The summed E-state index contributed by atoms with van der Waals surface area (Å²) < 4.78 is 4.97. The van der Waals surface area contributed by atoms with Crippen LogP contribution in [0.1, 0.15) is 21.5 Å². The maximum Gasteiger partial charge on any atom is 0.338 e. The van der Waals surface area contributed by atoms with Gasteiger partial charge in [0.2, 0.25) is 0 Å². The highest BCUT2D eigenvalue weighted by atomic mass is 16.6. The average Bonchev–Trinajstić information content (AvgIpc) is 2.58. The molecule has 0 aromatic heterocycles. The van der Waals surface area contributed by atoms with Gasteiger partial charge in [0.15, 0.2) is 6.61 Å². The van der Waals surface area contributed by atoms with E-state index in [4.69, 9.17) is 4.74 Å². The Bertz CT molecular complexity index is 873. The number of amides is 1. The molecular formula is C19H21N3O5. The molecule has 8 nitrogen and oxygen atoms in total. The molecule has 0 saturated carbocycles. The topological polar surface area (TPSA) is 102 Å². The fourth-order valence-electron chi connectivity index (χ4n) is 2.63. The van der Waals surface area contributed by atoms with Gasteiger partial charge in [-0.1, -0.05) is 6.07 Å². The van der Waals surface area contributed by atoms with Crippen molar-refractivity contribution in [3.63, 3.8) is 0 Å². The first-order chi connectivity index (χ1) is 12.7. The van der Waals surface area contributed by atoms with Crippen LogP contribution in [-0.2, 0) is 9.53 Å². The molecule has 0 fully saturated rings. The number of anilines is 2. The van der Waals surface area contributed by atoms with Gasteiger partial charge >= 0.3 is 5.97 Å². The Morgan fingerprint density at radius 1 is 1.11 bits per heavy atom. The fraction of sp³-hybridized carbons (Fsp3) is 0.263. The summed E-state index contributed by atoms with van der Waals surface area (Å²) >= 11 is 0. The Kier molecular flexibility index (Phi) is 6.12. The number of benzene rings is 2. The summed E-state index contributed by atoms with van der Waals surface area (Å²) in [4.78, 5) is 36.3. The first-order valence-electron chi connectivity index (χ1n) is 8.18. The highest BCUT2D eigenvalue weighted by Gasteiger charge is 2.20. The number of carbonyl (C=O) groups excluding carboxylic acids is 2. The van der Waals surface area contributed by atoms with Gasteiger partial charge in [0.05, 0.1) is 10.5 Å². The monoisotopic (exact) mass is 371 g/mol. The zero-order chi connectivity index (χ0) is 20.1. The quantitative estimate of drug-likeness (QED) is 0.476. The van der Waals surface area contributed by atoms with Gasteiger partial charge in [0.1, 0.15) is 5.69 Å². The van der Waals surface area contributed by atoms with Crippen LogP contribution >= 0.6 is 0 Å². The zero-order valence-corrected chi connectivity index (χ0v) is 15.6. The number of ether oxygens (including phenoxy) is 1. The lowest BCUT2D eigenvalue weighted by Gasteiger charge is -2.13. The second kappa shape index (κ2) is 8.31. The van der Waals surface area contributed by atoms with Gasteiger partial charge < -0.3 is 15.0 Å². The van der Waals surface area contributed by atoms with Crippen LogP contribution in [0.15, 0.2) is 36.4 Å². The number of rotatable bonds is 6. The first-order valence-corrected chi connectivity index (χ1v) is 8.18. The van der Waals surface area contributed by atoms with E-state index in [0.29, 0.717) is 11.4 Å². The molecule has 8 heteroatoms. The van der Waals surface area contributed by atoms with Crippen molar-refractivity contribution in [3.8, 4) is 0 Å². The number of nitrogens with zero attached hydrogens (tertiary/aromatic N) is 2. The van der Waals surface area contributed by atoms with Crippen LogP contribution in [0.3, 0.4) is 0 Å². The summed E-state index contributed by atoms with van der Waals surface area (Å²) in [5.74, 6) is -1.30. The van der Waals surface area contributed by atoms with E-state index < -0.39 is 23.4 Å². The van der Waals surface area contributed by atoms with Crippen molar-refractivity contribution in [3.05, 3.63) is 63.2 Å². The van der Waals surface area contributed by atoms with E-state index in [1.807, 2.05) is 19.9 Å². The molecule has 0 aliphatic carbocycles. The van der Waals surface area contributed by atoms with Gasteiger partial charge in [0, 0.05) is 25.8 Å². The van der Waals surface area contributed by atoms with Crippen LogP contribution < -0.4 is 10.2 Å². The number of carbonyl (C=O) groups is 2. The minimum atomic E-state index is -0.807. The number of nitro benzene ring substituents is 1. The van der Waals surface area contributed by atoms with E-state index >= 15 is 0 Å². The van der Waals surface area contributed by atoms with E-state index in [1.54, 1.807) is 31.1 Å². The summed E-state index contributed by atoms with van der Waals surface area (Å²) in [5.41, 5.74) is 2.76. The minimum absolute atomic E-state index is 0.00602. The van der Waals surface area contributed by atoms with Crippen molar-refractivity contribution in [2.45, 2.75) is 13.8 Å². The van der Waals surface area contributed by atoms with Gasteiger partial charge in [-0.05, 0) is 49.2 Å². The standard InChI is InChI=1S/C19H21N3O5/c1-12-7-13(2)9-15(8-12)20-18(23)11-27-19(24)14-5-6-16(21(3)4)17(10-14)22(25)26/h5-10H,11H2,1-4H3,(H,20,23). The molecule has 0 aliphatic rings. The molecule has 2 rings (SSSR count).